The van der Waals surface area contributed by atoms with E-state index in [-0.39, 0.29) is 31.1 Å². The van der Waals surface area contributed by atoms with Crippen molar-refractivity contribution in [2.75, 3.05) is 13.2 Å². The normalized spacial score (nSPS) is 12.6. The Labute approximate surface area is 389 Å². The number of ether oxygens (including phenoxy) is 3. The van der Waals surface area contributed by atoms with Gasteiger partial charge in [-0.15, -0.1) is 0 Å². The maximum atomic E-state index is 12.8. The third-order valence-corrected chi connectivity index (χ3v) is 11.2. The molecule has 0 aliphatic carbocycles. The second-order valence-corrected chi connectivity index (χ2v) is 17.4. The van der Waals surface area contributed by atoms with Crippen LogP contribution in [0.4, 0.5) is 0 Å². The average Bonchev–Trinajstić information content (AvgIpc) is 3.28. The van der Waals surface area contributed by atoms with Crippen LogP contribution in [0.25, 0.3) is 0 Å². The minimum absolute atomic E-state index is 0.0932. The summed E-state index contributed by atoms with van der Waals surface area (Å²) in [5, 5.41) is 0. The van der Waals surface area contributed by atoms with E-state index < -0.39 is 6.10 Å². The first-order valence-electron chi connectivity index (χ1n) is 26.4. The number of unbranched alkanes of at least 4 members (excludes halogenated alkanes) is 24. The fourth-order valence-electron chi connectivity index (χ4n) is 7.11. The zero-order valence-corrected chi connectivity index (χ0v) is 41.3. The minimum atomic E-state index is -0.796. The first kappa shape index (κ1) is 59.9. The van der Waals surface area contributed by atoms with Crippen molar-refractivity contribution < 1.29 is 28.6 Å². The van der Waals surface area contributed by atoms with E-state index in [2.05, 4.69) is 93.7 Å². The van der Waals surface area contributed by atoms with Crippen LogP contribution in [-0.2, 0) is 28.6 Å². The number of carbonyl (C=O) groups is 3. The molecule has 0 bridgehead atoms. The van der Waals surface area contributed by atoms with Crippen molar-refractivity contribution in [3.8, 4) is 0 Å². The predicted molar refractivity (Wildman–Crippen MR) is 270 cm³/mol. The van der Waals surface area contributed by atoms with E-state index in [1.54, 1.807) is 0 Å². The molecule has 0 aliphatic rings. The molecule has 0 aromatic rings. The smallest absolute Gasteiger partial charge is 0.306 e. The number of rotatable bonds is 47. The van der Waals surface area contributed by atoms with Crippen LogP contribution in [0, 0.1) is 0 Å². The van der Waals surface area contributed by atoms with E-state index in [0.29, 0.717) is 19.3 Å². The number of hydrogen-bond acceptors (Lipinski definition) is 6. The molecule has 0 amide bonds. The number of hydrogen-bond donors (Lipinski definition) is 0. The maximum Gasteiger partial charge on any atom is 0.306 e. The van der Waals surface area contributed by atoms with Crippen molar-refractivity contribution >= 4 is 17.9 Å². The second-order valence-electron chi connectivity index (χ2n) is 17.4. The van der Waals surface area contributed by atoms with E-state index in [4.69, 9.17) is 14.2 Å². The summed E-state index contributed by atoms with van der Waals surface area (Å²) in [5.74, 6) is -0.945. The largest absolute Gasteiger partial charge is 0.462 e. The zero-order valence-electron chi connectivity index (χ0n) is 41.3. The highest BCUT2D eigenvalue weighted by atomic mass is 16.6. The summed E-state index contributed by atoms with van der Waals surface area (Å²) in [4.78, 5) is 38.0. The van der Waals surface area contributed by atoms with Crippen LogP contribution in [0.1, 0.15) is 252 Å². The van der Waals surface area contributed by atoms with E-state index in [0.717, 1.165) is 89.9 Å². The van der Waals surface area contributed by atoms with E-state index in [1.807, 2.05) is 0 Å². The molecular weight excluding hydrogens is 781 g/mol. The van der Waals surface area contributed by atoms with Gasteiger partial charge in [0.05, 0.1) is 0 Å². The Bertz CT molecular complexity index is 1190. The van der Waals surface area contributed by atoms with Crippen LogP contribution in [0.3, 0.4) is 0 Å². The van der Waals surface area contributed by atoms with Gasteiger partial charge in [-0.25, -0.2) is 0 Å². The molecule has 63 heavy (non-hydrogen) atoms. The topological polar surface area (TPSA) is 78.9 Å². The molecule has 0 rings (SSSR count). The van der Waals surface area contributed by atoms with Gasteiger partial charge >= 0.3 is 17.9 Å². The monoisotopic (exact) mass is 879 g/mol. The fraction of sp³-hybridized carbons (Fsp3) is 0.737. The number of carbonyl (C=O) groups excluding carboxylic acids is 3. The van der Waals surface area contributed by atoms with Crippen LogP contribution >= 0.6 is 0 Å². The lowest BCUT2D eigenvalue weighted by Crippen LogP contribution is -2.30. The van der Waals surface area contributed by atoms with Crippen LogP contribution in [-0.4, -0.2) is 37.2 Å². The van der Waals surface area contributed by atoms with Gasteiger partial charge in [0.25, 0.3) is 0 Å². The average molecular weight is 879 g/mol. The van der Waals surface area contributed by atoms with Gasteiger partial charge in [0.2, 0.25) is 0 Å². The minimum Gasteiger partial charge on any atom is -0.462 e. The van der Waals surface area contributed by atoms with Crippen molar-refractivity contribution in [1.29, 1.82) is 0 Å². The Hall–Kier alpha value is -3.15. The lowest BCUT2D eigenvalue weighted by Gasteiger charge is -2.18. The Morgan fingerprint density at radius 1 is 0.317 bits per heavy atom. The molecule has 362 valence electrons. The molecule has 0 heterocycles. The lowest BCUT2D eigenvalue weighted by atomic mass is 10.1. The zero-order chi connectivity index (χ0) is 45.8. The van der Waals surface area contributed by atoms with Gasteiger partial charge in [-0.2, -0.15) is 0 Å². The molecule has 0 spiro atoms. The summed E-state index contributed by atoms with van der Waals surface area (Å²) >= 11 is 0. The summed E-state index contributed by atoms with van der Waals surface area (Å²) < 4.78 is 16.8. The standard InChI is InChI=1S/C57H98O6/c1-4-7-10-13-16-19-22-24-26-27-28-29-31-33-36-38-41-44-47-50-56(59)62-53-54(63-57(60)51-48-45-42-39-34-21-18-15-12-9-6-3)52-61-55(58)49-46-43-40-37-35-32-30-25-23-20-17-14-11-8-5-2/h15-20,24-26,30,35,37,54H,4-14,21-23,27-29,31-34,36,38-53H2,1-3H3/b18-15-,19-16-,20-17-,26-24-,30-25-,37-35-/t54-/m0/s1. The molecule has 6 heteroatoms. The van der Waals surface area contributed by atoms with Crippen molar-refractivity contribution in [2.45, 2.75) is 258 Å². The summed E-state index contributed by atoms with van der Waals surface area (Å²) in [5.41, 5.74) is 0. The number of esters is 3. The Balaban J connectivity index is 4.39. The third-order valence-electron chi connectivity index (χ3n) is 11.2. The van der Waals surface area contributed by atoms with E-state index >= 15 is 0 Å². The van der Waals surface area contributed by atoms with Gasteiger partial charge in [-0.1, -0.05) is 196 Å². The highest BCUT2D eigenvalue weighted by Gasteiger charge is 2.19. The first-order chi connectivity index (χ1) is 31.0. The predicted octanol–water partition coefficient (Wildman–Crippen LogP) is 17.4. The Morgan fingerprint density at radius 2 is 0.587 bits per heavy atom. The molecule has 1 atom stereocenters. The molecule has 6 nitrogen and oxygen atoms in total. The first-order valence-corrected chi connectivity index (χ1v) is 26.4. The molecule has 0 aromatic heterocycles. The Morgan fingerprint density at radius 3 is 0.984 bits per heavy atom. The van der Waals surface area contributed by atoms with Crippen molar-refractivity contribution in [3.63, 3.8) is 0 Å². The van der Waals surface area contributed by atoms with Gasteiger partial charge < -0.3 is 14.2 Å². The van der Waals surface area contributed by atoms with Crippen molar-refractivity contribution in [1.82, 2.24) is 0 Å². The molecule has 0 unspecified atom stereocenters. The van der Waals surface area contributed by atoms with Crippen molar-refractivity contribution in [3.05, 3.63) is 72.9 Å². The quantitative estimate of drug-likeness (QED) is 0.0262. The van der Waals surface area contributed by atoms with Crippen LogP contribution in [0.5, 0.6) is 0 Å². The van der Waals surface area contributed by atoms with Crippen LogP contribution in [0.15, 0.2) is 72.9 Å². The van der Waals surface area contributed by atoms with Crippen LogP contribution in [0.2, 0.25) is 0 Å². The lowest BCUT2D eigenvalue weighted by molar-refractivity contribution is -0.167. The maximum absolute atomic E-state index is 12.8. The molecular formula is C57H98O6. The summed E-state index contributed by atoms with van der Waals surface area (Å²) in [6.07, 6.45) is 64.6. The van der Waals surface area contributed by atoms with Crippen molar-refractivity contribution in [2.24, 2.45) is 0 Å². The SMILES string of the molecule is CCCC/C=C\CCCCCCCC(=O)O[C@@H](COC(=O)CCCC/C=C\C/C=C\C/C=C\CCCCC)COC(=O)CCCCCCCCCCC/C=C\C/C=C\CCCCC. The molecule has 0 aromatic carbocycles. The third kappa shape index (κ3) is 49.7. The molecule has 0 saturated carbocycles. The van der Waals surface area contributed by atoms with E-state index in [9.17, 15) is 14.4 Å². The molecule has 0 saturated heterocycles. The number of allylic oxidation sites excluding steroid dienone is 12. The summed E-state index contributed by atoms with van der Waals surface area (Å²) in [6, 6.07) is 0. The van der Waals surface area contributed by atoms with Gasteiger partial charge in [-0.05, 0) is 109 Å². The van der Waals surface area contributed by atoms with Gasteiger partial charge in [0.15, 0.2) is 6.10 Å². The summed E-state index contributed by atoms with van der Waals surface area (Å²) in [6.45, 7) is 6.50. The fourth-order valence-corrected chi connectivity index (χ4v) is 7.11. The van der Waals surface area contributed by atoms with E-state index in [1.165, 1.54) is 122 Å². The molecule has 0 radical (unpaired) electrons. The van der Waals surface area contributed by atoms with Crippen LogP contribution < -0.4 is 0 Å². The highest BCUT2D eigenvalue weighted by molar-refractivity contribution is 5.71. The van der Waals surface area contributed by atoms with Gasteiger partial charge in [0.1, 0.15) is 13.2 Å². The molecule has 0 aliphatic heterocycles. The van der Waals surface area contributed by atoms with Gasteiger partial charge in [0, 0.05) is 19.3 Å². The summed E-state index contributed by atoms with van der Waals surface area (Å²) in [7, 11) is 0. The Kier molecular flexibility index (Phi) is 48.9. The molecule has 0 fully saturated rings. The molecule has 0 N–H and O–H groups in total. The highest BCUT2D eigenvalue weighted by Crippen LogP contribution is 2.14. The second kappa shape index (κ2) is 51.5. The van der Waals surface area contributed by atoms with Gasteiger partial charge in [-0.3, -0.25) is 14.4 Å².